The minimum atomic E-state index is -0.920. The summed E-state index contributed by atoms with van der Waals surface area (Å²) in [5.74, 6) is -1.68. The lowest BCUT2D eigenvalue weighted by molar-refractivity contribution is -0.142. The van der Waals surface area contributed by atoms with Gasteiger partial charge in [-0.25, -0.2) is 0 Å². The monoisotopic (exact) mass is 234 g/mol. The highest BCUT2D eigenvalue weighted by molar-refractivity contribution is 5.87. The fourth-order valence-corrected chi connectivity index (χ4v) is 2.36. The number of aromatic nitrogens is 1. The van der Waals surface area contributed by atoms with Crippen molar-refractivity contribution in [3.8, 4) is 0 Å². The van der Waals surface area contributed by atoms with Crippen LogP contribution in [0.3, 0.4) is 0 Å². The Morgan fingerprint density at radius 2 is 2.18 bits per heavy atom. The van der Waals surface area contributed by atoms with Crippen molar-refractivity contribution in [2.24, 2.45) is 5.92 Å². The van der Waals surface area contributed by atoms with Crippen LogP contribution < -0.4 is 0 Å². The van der Waals surface area contributed by atoms with E-state index >= 15 is 0 Å². The first-order valence-electron chi connectivity index (χ1n) is 5.57. The molecule has 1 aromatic heterocycles. The van der Waals surface area contributed by atoms with Crippen LogP contribution in [0.2, 0.25) is 0 Å². The first-order chi connectivity index (χ1) is 8.15. The maximum Gasteiger partial charge on any atom is 0.309 e. The topological polar surface area (TPSA) is 70.5 Å². The number of aliphatic carboxylic acids is 1. The molecule has 5 heteroatoms. The van der Waals surface area contributed by atoms with Crippen molar-refractivity contribution in [3.05, 3.63) is 30.1 Å². The van der Waals surface area contributed by atoms with E-state index in [1.54, 1.807) is 29.4 Å². The van der Waals surface area contributed by atoms with Crippen molar-refractivity contribution in [1.29, 1.82) is 0 Å². The smallest absolute Gasteiger partial charge is 0.309 e. The summed E-state index contributed by atoms with van der Waals surface area (Å²) in [4.78, 5) is 28.5. The second kappa shape index (κ2) is 4.53. The fraction of sp³-hybridized carbons (Fsp3) is 0.417. The van der Waals surface area contributed by atoms with Gasteiger partial charge in [0.15, 0.2) is 0 Å². The molecule has 0 saturated carbocycles. The predicted molar refractivity (Wildman–Crippen MR) is 60.1 cm³/mol. The zero-order chi connectivity index (χ0) is 12.4. The molecule has 0 aliphatic carbocycles. The Balaban J connectivity index is 2.39. The van der Waals surface area contributed by atoms with Gasteiger partial charge in [0.25, 0.3) is 0 Å². The molecule has 1 saturated heterocycles. The first kappa shape index (κ1) is 11.6. The molecule has 5 nitrogen and oxygen atoms in total. The summed E-state index contributed by atoms with van der Waals surface area (Å²) in [6.07, 6.45) is 3.31. The van der Waals surface area contributed by atoms with E-state index in [4.69, 9.17) is 0 Å². The molecule has 17 heavy (non-hydrogen) atoms. The van der Waals surface area contributed by atoms with Crippen LogP contribution in [-0.4, -0.2) is 33.4 Å². The number of pyridine rings is 1. The Labute approximate surface area is 99.1 Å². The molecule has 90 valence electrons. The van der Waals surface area contributed by atoms with Crippen LogP contribution in [-0.2, 0) is 9.59 Å². The highest BCUT2D eigenvalue weighted by Gasteiger charge is 2.43. The van der Waals surface area contributed by atoms with E-state index in [1.165, 1.54) is 0 Å². The molecule has 2 unspecified atom stereocenters. The van der Waals surface area contributed by atoms with E-state index in [2.05, 4.69) is 4.98 Å². The van der Waals surface area contributed by atoms with E-state index in [-0.39, 0.29) is 18.4 Å². The van der Waals surface area contributed by atoms with Crippen molar-refractivity contribution in [3.63, 3.8) is 0 Å². The minimum absolute atomic E-state index is 0.0795. The molecule has 2 rings (SSSR count). The largest absolute Gasteiger partial charge is 0.481 e. The molecule has 1 N–H and O–H groups in total. The Morgan fingerprint density at radius 1 is 1.53 bits per heavy atom. The van der Waals surface area contributed by atoms with Crippen molar-refractivity contribution >= 4 is 11.9 Å². The fourth-order valence-electron chi connectivity index (χ4n) is 2.36. The van der Waals surface area contributed by atoms with Crippen LogP contribution in [0, 0.1) is 5.92 Å². The lowest BCUT2D eigenvalue weighted by atomic mass is 9.94. The zero-order valence-corrected chi connectivity index (χ0v) is 9.54. The highest BCUT2D eigenvalue weighted by Crippen LogP contribution is 2.37. The average Bonchev–Trinajstić information content (AvgIpc) is 2.67. The number of carboxylic acid groups (broad SMARTS) is 1. The summed E-state index contributed by atoms with van der Waals surface area (Å²) in [6, 6.07) is 3.16. The number of hydrogen-bond donors (Lipinski definition) is 1. The van der Waals surface area contributed by atoms with Crippen LogP contribution in [0.4, 0.5) is 0 Å². The molecule has 1 aromatic rings. The Hall–Kier alpha value is -1.91. The molecule has 1 aliphatic heterocycles. The molecule has 2 heterocycles. The van der Waals surface area contributed by atoms with Crippen molar-refractivity contribution in [2.45, 2.75) is 19.4 Å². The van der Waals surface area contributed by atoms with E-state index in [0.717, 1.165) is 5.56 Å². The van der Waals surface area contributed by atoms with Gasteiger partial charge in [0.1, 0.15) is 0 Å². The summed E-state index contributed by atoms with van der Waals surface area (Å²) >= 11 is 0. The van der Waals surface area contributed by atoms with Crippen LogP contribution in [0.5, 0.6) is 0 Å². The zero-order valence-electron chi connectivity index (χ0n) is 9.54. The van der Waals surface area contributed by atoms with Crippen LogP contribution in [0.25, 0.3) is 0 Å². The number of hydrogen-bond acceptors (Lipinski definition) is 3. The second-order valence-corrected chi connectivity index (χ2v) is 4.05. The second-order valence-electron chi connectivity index (χ2n) is 4.05. The van der Waals surface area contributed by atoms with Crippen LogP contribution in [0.1, 0.15) is 24.9 Å². The van der Waals surface area contributed by atoms with E-state index in [0.29, 0.717) is 6.54 Å². The predicted octanol–water partition coefficient (Wildman–Crippen LogP) is 1.08. The Morgan fingerprint density at radius 3 is 2.71 bits per heavy atom. The SMILES string of the molecule is CCN1C(=O)CC(C(=O)O)C1c1ccncc1. The maximum absolute atomic E-state index is 11.8. The molecule has 2 atom stereocenters. The minimum Gasteiger partial charge on any atom is -0.481 e. The molecular weight excluding hydrogens is 220 g/mol. The van der Waals surface area contributed by atoms with Gasteiger partial charge in [0, 0.05) is 25.4 Å². The molecule has 0 aromatic carbocycles. The molecule has 1 fully saturated rings. The van der Waals surface area contributed by atoms with Gasteiger partial charge < -0.3 is 10.0 Å². The van der Waals surface area contributed by atoms with Gasteiger partial charge in [-0.05, 0) is 24.6 Å². The number of rotatable bonds is 3. The van der Waals surface area contributed by atoms with E-state index < -0.39 is 11.9 Å². The molecular formula is C12H14N2O3. The van der Waals surface area contributed by atoms with Crippen molar-refractivity contribution in [1.82, 2.24) is 9.88 Å². The third-order valence-corrected chi connectivity index (χ3v) is 3.14. The summed E-state index contributed by atoms with van der Waals surface area (Å²) in [6.45, 7) is 2.38. The van der Waals surface area contributed by atoms with Gasteiger partial charge in [-0.2, -0.15) is 0 Å². The molecule has 1 aliphatic rings. The number of carbonyl (C=O) groups excluding carboxylic acids is 1. The lowest BCUT2D eigenvalue weighted by Gasteiger charge is -2.25. The molecule has 1 amide bonds. The summed E-state index contributed by atoms with van der Waals surface area (Å²) in [5.41, 5.74) is 0.833. The summed E-state index contributed by atoms with van der Waals surface area (Å²) < 4.78 is 0. The van der Waals surface area contributed by atoms with Crippen LogP contribution >= 0.6 is 0 Å². The Kier molecular flexibility index (Phi) is 3.08. The quantitative estimate of drug-likeness (QED) is 0.849. The van der Waals surface area contributed by atoms with Gasteiger partial charge >= 0.3 is 5.97 Å². The van der Waals surface area contributed by atoms with Gasteiger partial charge in [0.2, 0.25) is 5.91 Å². The first-order valence-corrected chi connectivity index (χ1v) is 5.57. The molecule has 0 radical (unpaired) electrons. The summed E-state index contributed by atoms with van der Waals surface area (Å²) in [5, 5.41) is 9.18. The standard InChI is InChI=1S/C12H14N2O3/c1-2-14-10(15)7-9(12(16)17)11(14)8-3-5-13-6-4-8/h3-6,9,11H,2,7H2,1H3,(H,16,17). The number of amides is 1. The van der Waals surface area contributed by atoms with E-state index in [9.17, 15) is 14.7 Å². The normalized spacial score (nSPS) is 24.1. The number of nitrogens with zero attached hydrogens (tertiary/aromatic N) is 2. The highest BCUT2D eigenvalue weighted by atomic mass is 16.4. The van der Waals surface area contributed by atoms with Crippen LogP contribution in [0.15, 0.2) is 24.5 Å². The lowest BCUT2D eigenvalue weighted by Crippen LogP contribution is -2.30. The summed E-state index contributed by atoms with van der Waals surface area (Å²) in [7, 11) is 0. The number of likely N-dealkylation sites (tertiary alicyclic amines) is 1. The third kappa shape index (κ3) is 2.00. The third-order valence-electron chi connectivity index (χ3n) is 3.14. The maximum atomic E-state index is 11.8. The Bertz CT molecular complexity index is 433. The van der Waals surface area contributed by atoms with Gasteiger partial charge in [-0.1, -0.05) is 0 Å². The molecule has 0 spiro atoms. The van der Waals surface area contributed by atoms with E-state index in [1.807, 2.05) is 6.92 Å². The molecule has 0 bridgehead atoms. The van der Waals surface area contributed by atoms with Gasteiger partial charge in [-0.3, -0.25) is 14.6 Å². The van der Waals surface area contributed by atoms with Gasteiger partial charge in [-0.15, -0.1) is 0 Å². The number of carboxylic acids is 1. The van der Waals surface area contributed by atoms with Gasteiger partial charge in [0.05, 0.1) is 12.0 Å². The van der Waals surface area contributed by atoms with Crippen molar-refractivity contribution in [2.75, 3.05) is 6.54 Å². The van der Waals surface area contributed by atoms with Crippen molar-refractivity contribution < 1.29 is 14.7 Å². The number of carbonyl (C=O) groups is 2. The average molecular weight is 234 g/mol.